The van der Waals surface area contributed by atoms with Gasteiger partial charge in [-0.15, -0.1) is 0 Å². The van der Waals surface area contributed by atoms with Crippen LogP contribution in [0.5, 0.6) is 0 Å². The van der Waals surface area contributed by atoms with Crippen molar-refractivity contribution in [3.8, 4) is 5.69 Å². The Morgan fingerprint density at radius 2 is 2.00 bits per heavy atom. The molecule has 0 saturated heterocycles. The maximum Gasteiger partial charge on any atom is 0.308 e. The van der Waals surface area contributed by atoms with E-state index >= 15 is 0 Å². The SMILES string of the molecule is CCCc1c(C(=O)NCC(C)C(=O)O)cnn1-c1ccccc1. The molecule has 2 rings (SSSR count). The smallest absolute Gasteiger partial charge is 0.308 e. The van der Waals surface area contributed by atoms with Gasteiger partial charge in [0.05, 0.1) is 29.1 Å². The number of hydrogen-bond acceptors (Lipinski definition) is 3. The minimum absolute atomic E-state index is 0.0935. The Morgan fingerprint density at radius 1 is 1.30 bits per heavy atom. The van der Waals surface area contributed by atoms with Crippen molar-refractivity contribution >= 4 is 11.9 Å². The summed E-state index contributed by atoms with van der Waals surface area (Å²) in [4.78, 5) is 23.2. The third-order valence-corrected chi connectivity index (χ3v) is 3.59. The van der Waals surface area contributed by atoms with Crippen molar-refractivity contribution in [2.24, 2.45) is 5.92 Å². The average Bonchev–Trinajstić information content (AvgIpc) is 2.97. The molecule has 1 amide bonds. The summed E-state index contributed by atoms with van der Waals surface area (Å²) in [5.74, 6) is -1.85. The summed E-state index contributed by atoms with van der Waals surface area (Å²) in [5, 5.41) is 15.9. The van der Waals surface area contributed by atoms with Gasteiger partial charge in [-0.1, -0.05) is 38.5 Å². The number of nitrogens with one attached hydrogen (secondary N) is 1. The molecule has 1 atom stereocenters. The molecule has 1 heterocycles. The number of aromatic nitrogens is 2. The van der Waals surface area contributed by atoms with Crippen LogP contribution in [-0.4, -0.2) is 33.3 Å². The molecule has 0 saturated carbocycles. The number of carbonyl (C=O) groups is 2. The van der Waals surface area contributed by atoms with Crippen molar-refractivity contribution in [1.29, 1.82) is 0 Å². The van der Waals surface area contributed by atoms with Crippen LogP contribution in [0.3, 0.4) is 0 Å². The van der Waals surface area contributed by atoms with Gasteiger partial charge in [-0.3, -0.25) is 9.59 Å². The maximum absolute atomic E-state index is 12.4. The first-order valence-corrected chi connectivity index (χ1v) is 7.68. The van der Waals surface area contributed by atoms with E-state index in [1.165, 1.54) is 0 Å². The summed E-state index contributed by atoms with van der Waals surface area (Å²) in [5.41, 5.74) is 2.22. The van der Waals surface area contributed by atoms with Crippen LogP contribution in [0, 0.1) is 5.92 Å². The summed E-state index contributed by atoms with van der Waals surface area (Å²) < 4.78 is 1.76. The molecule has 122 valence electrons. The lowest BCUT2D eigenvalue weighted by Crippen LogP contribution is -2.31. The monoisotopic (exact) mass is 315 g/mol. The Kier molecular flexibility index (Phi) is 5.51. The average molecular weight is 315 g/mol. The zero-order valence-electron chi connectivity index (χ0n) is 13.3. The normalized spacial score (nSPS) is 11.9. The first kappa shape index (κ1) is 16.7. The topological polar surface area (TPSA) is 84.2 Å². The zero-order chi connectivity index (χ0) is 16.8. The van der Waals surface area contributed by atoms with Gasteiger partial charge in [-0.25, -0.2) is 4.68 Å². The number of aliphatic carboxylic acids is 1. The van der Waals surface area contributed by atoms with Crippen molar-refractivity contribution < 1.29 is 14.7 Å². The Hall–Kier alpha value is -2.63. The Morgan fingerprint density at radius 3 is 2.61 bits per heavy atom. The van der Waals surface area contributed by atoms with Gasteiger partial charge in [0, 0.05) is 6.54 Å². The number of nitrogens with zero attached hydrogens (tertiary/aromatic N) is 2. The highest BCUT2D eigenvalue weighted by molar-refractivity contribution is 5.95. The second-order valence-corrected chi connectivity index (χ2v) is 5.45. The fourth-order valence-electron chi connectivity index (χ4n) is 2.26. The van der Waals surface area contributed by atoms with Gasteiger partial charge in [0.25, 0.3) is 5.91 Å². The molecule has 0 spiro atoms. The molecule has 2 aromatic rings. The van der Waals surface area contributed by atoms with Crippen LogP contribution in [0.1, 0.15) is 36.3 Å². The molecule has 1 aromatic heterocycles. The number of rotatable bonds is 7. The van der Waals surface area contributed by atoms with Crippen LogP contribution in [-0.2, 0) is 11.2 Å². The van der Waals surface area contributed by atoms with Crippen molar-refractivity contribution in [3.63, 3.8) is 0 Å². The van der Waals surface area contributed by atoms with E-state index in [1.807, 2.05) is 37.3 Å². The van der Waals surface area contributed by atoms with Crippen LogP contribution in [0.15, 0.2) is 36.5 Å². The highest BCUT2D eigenvalue weighted by atomic mass is 16.4. The summed E-state index contributed by atoms with van der Waals surface area (Å²) in [6, 6.07) is 9.62. The molecule has 23 heavy (non-hydrogen) atoms. The fraction of sp³-hybridized carbons (Fsp3) is 0.353. The summed E-state index contributed by atoms with van der Waals surface area (Å²) >= 11 is 0. The van der Waals surface area contributed by atoms with E-state index in [4.69, 9.17) is 5.11 Å². The van der Waals surface area contributed by atoms with E-state index in [-0.39, 0.29) is 12.5 Å². The summed E-state index contributed by atoms with van der Waals surface area (Å²) in [6.07, 6.45) is 3.13. The second-order valence-electron chi connectivity index (χ2n) is 5.45. The summed E-state index contributed by atoms with van der Waals surface area (Å²) in [7, 11) is 0. The molecule has 6 nitrogen and oxygen atoms in total. The van der Waals surface area contributed by atoms with Gasteiger partial charge in [0.15, 0.2) is 0 Å². The number of carbonyl (C=O) groups excluding carboxylic acids is 1. The lowest BCUT2D eigenvalue weighted by atomic mass is 10.1. The number of carboxylic acids is 1. The van der Waals surface area contributed by atoms with Crippen LogP contribution in [0.25, 0.3) is 5.69 Å². The van der Waals surface area contributed by atoms with Gasteiger partial charge in [0.2, 0.25) is 0 Å². The van der Waals surface area contributed by atoms with E-state index < -0.39 is 11.9 Å². The van der Waals surface area contributed by atoms with Crippen molar-refractivity contribution in [2.75, 3.05) is 6.54 Å². The predicted octanol–water partition coefficient (Wildman–Crippen LogP) is 2.28. The fourth-order valence-corrected chi connectivity index (χ4v) is 2.26. The lowest BCUT2D eigenvalue weighted by Gasteiger charge is -2.10. The number of para-hydroxylation sites is 1. The first-order chi connectivity index (χ1) is 11.0. The number of hydrogen-bond donors (Lipinski definition) is 2. The Balaban J connectivity index is 2.23. The molecular formula is C17H21N3O3. The van der Waals surface area contributed by atoms with Crippen LogP contribution >= 0.6 is 0 Å². The van der Waals surface area contributed by atoms with Gasteiger partial charge in [-0.2, -0.15) is 5.10 Å². The molecule has 0 aliphatic rings. The van der Waals surface area contributed by atoms with Gasteiger partial charge < -0.3 is 10.4 Å². The Labute approximate surface area is 135 Å². The van der Waals surface area contributed by atoms with E-state index in [9.17, 15) is 9.59 Å². The molecule has 1 unspecified atom stereocenters. The molecule has 0 bridgehead atoms. The van der Waals surface area contributed by atoms with E-state index in [0.717, 1.165) is 17.8 Å². The van der Waals surface area contributed by atoms with Crippen LogP contribution < -0.4 is 5.32 Å². The summed E-state index contributed by atoms with van der Waals surface area (Å²) in [6.45, 7) is 3.69. The van der Waals surface area contributed by atoms with Crippen LogP contribution in [0.2, 0.25) is 0 Å². The molecule has 1 aromatic carbocycles. The highest BCUT2D eigenvalue weighted by Crippen LogP contribution is 2.17. The van der Waals surface area contributed by atoms with Gasteiger partial charge in [0.1, 0.15) is 0 Å². The van der Waals surface area contributed by atoms with Crippen molar-refractivity contribution in [1.82, 2.24) is 15.1 Å². The minimum atomic E-state index is -0.931. The molecule has 0 aliphatic heterocycles. The van der Waals surface area contributed by atoms with Crippen LogP contribution in [0.4, 0.5) is 0 Å². The maximum atomic E-state index is 12.4. The number of amides is 1. The lowest BCUT2D eigenvalue weighted by molar-refractivity contribution is -0.140. The molecule has 0 aliphatic carbocycles. The molecule has 0 radical (unpaired) electrons. The largest absolute Gasteiger partial charge is 0.481 e. The third kappa shape index (κ3) is 3.97. The van der Waals surface area contributed by atoms with E-state index in [0.29, 0.717) is 12.0 Å². The minimum Gasteiger partial charge on any atom is -0.481 e. The predicted molar refractivity (Wildman–Crippen MR) is 86.7 cm³/mol. The van der Waals surface area contributed by atoms with Crippen molar-refractivity contribution in [2.45, 2.75) is 26.7 Å². The van der Waals surface area contributed by atoms with E-state index in [2.05, 4.69) is 10.4 Å². The second kappa shape index (κ2) is 7.58. The van der Waals surface area contributed by atoms with E-state index in [1.54, 1.807) is 17.8 Å². The first-order valence-electron chi connectivity index (χ1n) is 7.68. The van der Waals surface area contributed by atoms with Gasteiger partial charge in [-0.05, 0) is 18.6 Å². The standard InChI is InChI=1S/C17H21N3O3/c1-3-7-15-14(16(21)18-10-12(2)17(22)23)11-19-20(15)13-8-5-4-6-9-13/h4-6,8-9,11-12H,3,7,10H2,1-2H3,(H,18,21)(H,22,23). The quantitative estimate of drug-likeness (QED) is 0.821. The Bertz CT molecular complexity index is 680. The molecule has 0 fully saturated rings. The van der Waals surface area contributed by atoms with Crippen molar-refractivity contribution in [3.05, 3.63) is 47.8 Å². The zero-order valence-corrected chi connectivity index (χ0v) is 13.3. The van der Waals surface area contributed by atoms with Gasteiger partial charge >= 0.3 is 5.97 Å². The highest BCUT2D eigenvalue weighted by Gasteiger charge is 2.19. The molecular weight excluding hydrogens is 294 g/mol. The third-order valence-electron chi connectivity index (χ3n) is 3.59. The number of benzene rings is 1. The molecule has 6 heteroatoms. The number of carboxylic acid groups (broad SMARTS) is 1. The molecule has 2 N–H and O–H groups in total.